The first-order valence-electron chi connectivity index (χ1n) is 1.93. The van der Waals surface area contributed by atoms with E-state index < -0.39 is 0 Å². The van der Waals surface area contributed by atoms with Crippen molar-refractivity contribution < 1.29 is 35.4 Å². The van der Waals surface area contributed by atoms with Gasteiger partial charge in [-0.1, -0.05) is 0 Å². The number of hydrogen-bond donors (Lipinski definition) is 0. The normalized spacial score (nSPS) is 7.00. The predicted octanol–water partition coefficient (Wildman–Crippen LogP) is 0.219. The average molecular weight is 267 g/mol. The Hall–Kier alpha value is 0.500. The molecule has 0 saturated carbocycles. The molecule has 0 fully saturated rings. The molecule has 0 bridgehead atoms. The van der Waals surface area contributed by atoms with E-state index in [1.807, 2.05) is 6.92 Å². The Bertz CT molecular complexity index is 38.7. The molecule has 7 heavy (non-hydrogen) atoms. The van der Waals surface area contributed by atoms with Crippen molar-refractivity contribution in [1.29, 1.82) is 0 Å². The Morgan fingerprint density at radius 3 is 2.43 bits per heavy atom. The van der Waals surface area contributed by atoms with Crippen LogP contribution < -0.4 is 0 Å². The SMILES string of the molecule is CCOCC=O.[Hf]. The third-order valence-electron chi connectivity index (χ3n) is 0.390. The Labute approximate surface area is 62.0 Å². The van der Waals surface area contributed by atoms with Gasteiger partial charge in [-0.25, -0.2) is 0 Å². The number of carbonyl (C=O) groups excluding carboxylic acids is 1. The summed E-state index contributed by atoms with van der Waals surface area (Å²) in [5, 5.41) is 0. The van der Waals surface area contributed by atoms with E-state index in [9.17, 15) is 4.79 Å². The molecule has 0 aromatic heterocycles. The van der Waals surface area contributed by atoms with E-state index in [4.69, 9.17) is 0 Å². The van der Waals surface area contributed by atoms with E-state index in [1.54, 1.807) is 0 Å². The zero-order chi connectivity index (χ0) is 4.83. The second kappa shape index (κ2) is 9.71. The average Bonchev–Trinajstić information content (AvgIpc) is 1.61. The van der Waals surface area contributed by atoms with Gasteiger partial charge in [0.2, 0.25) is 0 Å². The molecule has 0 saturated heterocycles. The van der Waals surface area contributed by atoms with Crippen LogP contribution in [-0.2, 0) is 35.4 Å². The van der Waals surface area contributed by atoms with Crippen molar-refractivity contribution in [1.82, 2.24) is 0 Å². The van der Waals surface area contributed by atoms with Crippen LogP contribution in [0.1, 0.15) is 6.92 Å². The van der Waals surface area contributed by atoms with Crippen LogP contribution in [0.2, 0.25) is 0 Å². The fraction of sp³-hybridized carbons (Fsp3) is 0.750. The van der Waals surface area contributed by atoms with E-state index in [-0.39, 0.29) is 32.5 Å². The van der Waals surface area contributed by atoms with Gasteiger partial charge in [0.05, 0.1) is 0 Å². The number of aldehydes is 1. The molecule has 0 aliphatic carbocycles. The van der Waals surface area contributed by atoms with Crippen molar-refractivity contribution in [2.45, 2.75) is 6.92 Å². The summed E-state index contributed by atoms with van der Waals surface area (Å²) < 4.78 is 4.61. The van der Waals surface area contributed by atoms with E-state index in [2.05, 4.69) is 4.74 Å². The summed E-state index contributed by atoms with van der Waals surface area (Å²) in [4.78, 5) is 9.44. The van der Waals surface area contributed by atoms with Crippen LogP contribution in [-0.4, -0.2) is 19.5 Å². The molecule has 40 valence electrons. The van der Waals surface area contributed by atoms with Crippen LogP contribution >= 0.6 is 0 Å². The molecule has 0 amide bonds. The molecular weight excluding hydrogens is 259 g/mol. The maximum atomic E-state index is 9.44. The summed E-state index contributed by atoms with van der Waals surface area (Å²) >= 11 is 0. The van der Waals surface area contributed by atoms with Gasteiger partial charge in [0.1, 0.15) is 12.9 Å². The maximum absolute atomic E-state index is 9.44. The first-order valence-corrected chi connectivity index (χ1v) is 1.93. The Balaban J connectivity index is 0. The van der Waals surface area contributed by atoms with Gasteiger partial charge >= 0.3 is 0 Å². The smallest absolute Gasteiger partial charge is 0.145 e. The molecule has 0 rings (SSSR count). The van der Waals surface area contributed by atoms with E-state index in [1.165, 1.54) is 0 Å². The van der Waals surface area contributed by atoms with Crippen LogP contribution in [0.15, 0.2) is 0 Å². The molecule has 0 N–H and O–H groups in total. The molecule has 0 atom stereocenters. The number of ether oxygens (including phenoxy) is 1. The monoisotopic (exact) mass is 268 g/mol. The van der Waals surface area contributed by atoms with Crippen LogP contribution in [0, 0.1) is 0 Å². The van der Waals surface area contributed by atoms with Crippen LogP contribution in [0.3, 0.4) is 0 Å². The summed E-state index contributed by atoms with van der Waals surface area (Å²) in [5.41, 5.74) is 0. The van der Waals surface area contributed by atoms with Crippen LogP contribution in [0.5, 0.6) is 0 Å². The standard InChI is InChI=1S/C4H8O2.Hf/c1-2-6-4-3-5;/h3H,2,4H2,1H3;. The first-order chi connectivity index (χ1) is 2.91. The van der Waals surface area contributed by atoms with Gasteiger partial charge in [-0.15, -0.1) is 0 Å². The molecule has 0 aliphatic rings. The first kappa shape index (κ1) is 10.5. The minimum atomic E-state index is 0. The van der Waals surface area contributed by atoms with E-state index >= 15 is 0 Å². The minimum Gasteiger partial charge on any atom is -0.374 e. The third-order valence-corrected chi connectivity index (χ3v) is 0.390. The quantitative estimate of drug-likeness (QED) is 0.415. The Morgan fingerprint density at radius 1 is 1.71 bits per heavy atom. The summed E-state index contributed by atoms with van der Waals surface area (Å²) in [7, 11) is 0. The molecule has 0 radical (unpaired) electrons. The molecule has 0 heterocycles. The second-order valence-corrected chi connectivity index (χ2v) is 0.826. The second-order valence-electron chi connectivity index (χ2n) is 0.826. The third kappa shape index (κ3) is 10.7. The van der Waals surface area contributed by atoms with Gasteiger partial charge in [0.25, 0.3) is 0 Å². The van der Waals surface area contributed by atoms with Crippen molar-refractivity contribution in [2.75, 3.05) is 13.2 Å². The van der Waals surface area contributed by atoms with E-state index in [0.717, 1.165) is 6.29 Å². The van der Waals surface area contributed by atoms with Gasteiger partial charge in [-0.2, -0.15) is 0 Å². The van der Waals surface area contributed by atoms with Gasteiger partial charge in [0, 0.05) is 32.5 Å². The zero-order valence-electron chi connectivity index (χ0n) is 4.31. The van der Waals surface area contributed by atoms with Gasteiger partial charge in [-0.05, 0) is 6.92 Å². The number of hydrogen-bond acceptors (Lipinski definition) is 2. The molecule has 0 aliphatic heterocycles. The summed E-state index contributed by atoms with van der Waals surface area (Å²) in [6, 6.07) is 0. The van der Waals surface area contributed by atoms with Crippen molar-refractivity contribution in [3.63, 3.8) is 0 Å². The van der Waals surface area contributed by atoms with Gasteiger partial charge in [0.15, 0.2) is 0 Å². The van der Waals surface area contributed by atoms with E-state index in [0.29, 0.717) is 6.61 Å². The summed E-state index contributed by atoms with van der Waals surface area (Å²) in [6.07, 6.45) is 0.740. The minimum absolute atomic E-state index is 0. The van der Waals surface area contributed by atoms with Crippen molar-refractivity contribution in [2.24, 2.45) is 0 Å². The largest absolute Gasteiger partial charge is 0.374 e. The maximum Gasteiger partial charge on any atom is 0.145 e. The van der Waals surface area contributed by atoms with Gasteiger partial charge < -0.3 is 9.53 Å². The topological polar surface area (TPSA) is 26.3 Å². The molecule has 0 unspecified atom stereocenters. The van der Waals surface area contributed by atoms with Gasteiger partial charge in [-0.3, -0.25) is 0 Å². The zero-order valence-corrected chi connectivity index (χ0v) is 7.90. The molecule has 3 heteroatoms. The van der Waals surface area contributed by atoms with Crippen molar-refractivity contribution in [3.05, 3.63) is 0 Å². The predicted molar refractivity (Wildman–Crippen MR) is 22.6 cm³/mol. The Kier molecular flexibility index (Phi) is 14.5. The molecule has 0 spiro atoms. The van der Waals surface area contributed by atoms with Crippen LogP contribution in [0.4, 0.5) is 0 Å². The summed E-state index contributed by atoms with van der Waals surface area (Å²) in [6.45, 7) is 2.71. The Morgan fingerprint density at radius 2 is 2.29 bits per heavy atom. The van der Waals surface area contributed by atoms with Crippen molar-refractivity contribution in [3.8, 4) is 0 Å². The number of carbonyl (C=O) groups is 1. The molecule has 2 nitrogen and oxygen atoms in total. The van der Waals surface area contributed by atoms with Crippen LogP contribution in [0.25, 0.3) is 0 Å². The summed E-state index contributed by atoms with van der Waals surface area (Å²) in [5.74, 6) is 0. The fourth-order valence-electron chi connectivity index (χ4n) is 0.166. The molecular formula is C4H8HfO2. The molecule has 0 aromatic rings. The fourth-order valence-corrected chi connectivity index (χ4v) is 0.166. The molecule has 0 aromatic carbocycles. The number of rotatable bonds is 3. The van der Waals surface area contributed by atoms with Crippen molar-refractivity contribution >= 4 is 6.29 Å².